The number of carbonyl (C=O) groups excluding carboxylic acids is 1. The standard InChI is InChI=1S/C18H18N6OS/c1-12(17-8-19-11-26-17)23(2)18(25)15-7-13(21-22-15)9-24-10-20-14-5-3-4-6-16(14)24/h3-8,10-12H,9H2,1-2H3,(H,21,22)/t12-/m0/s1. The van der Waals surface area contributed by atoms with Gasteiger partial charge in [-0.15, -0.1) is 11.3 Å². The van der Waals surface area contributed by atoms with E-state index >= 15 is 0 Å². The fourth-order valence-electron chi connectivity index (χ4n) is 2.85. The second kappa shape index (κ2) is 6.72. The highest BCUT2D eigenvalue weighted by Gasteiger charge is 2.22. The van der Waals surface area contributed by atoms with E-state index in [9.17, 15) is 4.79 Å². The van der Waals surface area contributed by atoms with Crippen molar-refractivity contribution in [2.45, 2.75) is 19.5 Å². The molecule has 0 bridgehead atoms. The van der Waals surface area contributed by atoms with Gasteiger partial charge in [-0.05, 0) is 25.1 Å². The maximum Gasteiger partial charge on any atom is 0.274 e. The third kappa shape index (κ3) is 2.99. The highest BCUT2D eigenvalue weighted by molar-refractivity contribution is 7.09. The second-order valence-corrected chi connectivity index (χ2v) is 7.05. The molecule has 0 saturated heterocycles. The molecule has 26 heavy (non-hydrogen) atoms. The van der Waals surface area contributed by atoms with Gasteiger partial charge in [-0.2, -0.15) is 5.10 Å². The number of hydrogen-bond donors (Lipinski definition) is 1. The number of thiazole rings is 1. The molecule has 4 rings (SSSR count). The molecule has 7 nitrogen and oxygen atoms in total. The normalized spacial score (nSPS) is 12.4. The van der Waals surface area contributed by atoms with Crippen LogP contribution in [0.4, 0.5) is 0 Å². The lowest BCUT2D eigenvalue weighted by Gasteiger charge is -2.22. The minimum atomic E-state index is -0.121. The van der Waals surface area contributed by atoms with Crippen molar-refractivity contribution >= 4 is 28.3 Å². The van der Waals surface area contributed by atoms with Crippen molar-refractivity contribution in [3.8, 4) is 0 Å². The van der Waals surface area contributed by atoms with Gasteiger partial charge in [0, 0.05) is 18.1 Å². The zero-order valence-corrected chi connectivity index (χ0v) is 15.3. The topological polar surface area (TPSA) is 79.7 Å². The number of nitrogens with zero attached hydrogens (tertiary/aromatic N) is 5. The van der Waals surface area contributed by atoms with Crippen molar-refractivity contribution in [2.75, 3.05) is 7.05 Å². The van der Waals surface area contributed by atoms with Crippen LogP contribution in [0.3, 0.4) is 0 Å². The van der Waals surface area contributed by atoms with E-state index in [1.54, 1.807) is 36.0 Å². The Hall–Kier alpha value is -3.00. The van der Waals surface area contributed by atoms with Crippen LogP contribution in [0.25, 0.3) is 11.0 Å². The van der Waals surface area contributed by atoms with Crippen LogP contribution in [-0.2, 0) is 6.54 Å². The summed E-state index contributed by atoms with van der Waals surface area (Å²) < 4.78 is 2.03. The van der Waals surface area contributed by atoms with Gasteiger partial charge in [-0.1, -0.05) is 12.1 Å². The summed E-state index contributed by atoms with van der Waals surface area (Å²) in [5.74, 6) is -0.121. The molecule has 0 aliphatic carbocycles. The zero-order chi connectivity index (χ0) is 18.1. The Balaban J connectivity index is 1.51. The van der Waals surface area contributed by atoms with Crippen LogP contribution in [0.2, 0.25) is 0 Å². The van der Waals surface area contributed by atoms with Crippen molar-refractivity contribution in [1.29, 1.82) is 0 Å². The zero-order valence-electron chi connectivity index (χ0n) is 14.5. The molecular weight excluding hydrogens is 348 g/mol. The number of amides is 1. The predicted molar refractivity (Wildman–Crippen MR) is 100 cm³/mol. The van der Waals surface area contributed by atoms with Gasteiger partial charge in [-0.3, -0.25) is 14.9 Å². The number of nitrogens with one attached hydrogen (secondary N) is 1. The Morgan fingerprint density at radius 1 is 1.38 bits per heavy atom. The summed E-state index contributed by atoms with van der Waals surface area (Å²) in [6.45, 7) is 2.56. The highest BCUT2D eigenvalue weighted by atomic mass is 32.1. The van der Waals surface area contributed by atoms with Crippen LogP contribution in [0, 0.1) is 0 Å². The Morgan fingerprint density at radius 2 is 2.23 bits per heavy atom. The van der Waals surface area contributed by atoms with Gasteiger partial charge >= 0.3 is 0 Å². The number of benzene rings is 1. The van der Waals surface area contributed by atoms with Crippen LogP contribution in [0.1, 0.15) is 34.0 Å². The van der Waals surface area contributed by atoms with Gasteiger partial charge in [0.2, 0.25) is 0 Å². The maximum absolute atomic E-state index is 12.7. The van der Waals surface area contributed by atoms with Crippen LogP contribution in [0.15, 0.2) is 48.4 Å². The number of aromatic amines is 1. The summed E-state index contributed by atoms with van der Waals surface area (Å²) in [7, 11) is 1.78. The predicted octanol–water partition coefficient (Wildman–Crippen LogP) is 3.10. The van der Waals surface area contributed by atoms with E-state index in [-0.39, 0.29) is 11.9 Å². The Labute approximate surface area is 154 Å². The molecule has 0 fully saturated rings. The van der Waals surface area contributed by atoms with Gasteiger partial charge in [0.05, 0.1) is 41.2 Å². The second-order valence-electron chi connectivity index (χ2n) is 6.14. The monoisotopic (exact) mass is 366 g/mol. The first-order valence-electron chi connectivity index (χ1n) is 8.23. The number of para-hydroxylation sites is 2. The largest absolute Gasteiger partial charge is 0.333 e. The number of rotatable bonds is 5. The summed E-state index contributed by atoms with van der Waals surface area (Å²) in [6.07, 6.45) is 3.59. The molecule has 1 aromatic carbocycles. The minimum absolute atomic E-state index is 0.0484. The van der Waals surface area contributed by atoms with E-state index in [1.165, 1.54) is 11.3 Å². The van der Waals surface area contributed by atoms with Gasteiger partial charge in [0.15, 0.2) is 0 Å². The first-order chi connectivity index (χ1) is 12.6. The molecule has 1 atom stereocenters. The quantitative estimate of drug-likeness (QED) is 0.589. The molecule has 1 N–H and O–H groups in total. The van der Waals surface area contributed by atoms with E-state index in [0.717, 1.165) is 21.6 Å². The number of H-pyrrole nitrogens is 1. The Morgan fingerprint density at radius 3 is 3.04 bits per heavy atom. The SMILES string of the molecule is C[C@@H](c1cncs1)N(C)C(=O)c1cc(Cn2cnc3ccccc32)[nH]n1. The van der Waals surface area contributed by atoms with Gasteiger partial charge < -0.3 is 9.47 Å². The van der Waals surface area contributed by atoms with Crippen molar-refractivity contribution in [3.05, 3.63) is 64.6 Å². The molecule has 3 aromatic heterocycles. The van der Waals surface area contributed by atoms with Crippen LogP contribution >= 0.6 is 11.3 Å². The van der Waals surface area contributed by atoms with E-state index in [4.69, 9.17) is 0 Å². The Bertz CT molecular complexity index is 1040. The molecular formula is C18H18N6OS. The van der Waals surface area contributed by atoms with Crippen LogP contribution < -0.4 is 0 Å². The number of fused-ring (bicyclic) bond motifs is 1. The molecule has 4 aromatic rings. The molecule has 0 spiro atoms. The highest BCUT2D eigenvalue weighted by Crippen LogP contribution is 2.23. The average molecular weight is 366 g/mol. The fraction of sp³-hybridized carbons (Fsp3) is 0.222. The molecule has 0 saturated carbocycles. The van der Waals surface area contributed by atoms with Crippen LogP contribution in [-0.4, -0.2) is 42.6 Å². The molecule has 0 unspecified atom stereocenters. The van der Waals surface area contributed by atoms with Gasteiger partial charge in [0.1, 0.15) is 5.69 Å². The molecule has 3 heterocycles. The maximum atomic E-state index is 12.7. The van der Waals surface area contributed by atoms with Gasteiger partial charge in [0.25, 0.3) is 5.91 Å². The average Bonchev–Trinajstić information content (AvgIpc) is 3.41. The number of imidazole rings is 1. The van der Waals surface area contributed by atoms with Gasteiger partial charge in [-0.25, -0.2) is 4.98 Å². The third-order valence-corrected chi connectivity index (χ3v) is 5.43. The van der Waals surface area contributed by atoms with Crippen molar-refractivity contribution in [1.82, 2.24) is 29.6 Å². The lowest BCUT2D eigenvalue weighted by molar-refractivity contribution is 0.0739. The summed E-state index contributed by atoms with van der Waals surface area (Å²) in [5.41, 5.74) is 5.03. The molecule has 8 heteroatoms. The smallest absolute Gasteiger partial charge is 0.274 e. The summed E-state index contributed by atoms with van der Waals surface area (Å²) in [4.78, 5) is 23.9. The van der Waals surface area contributed by atoms with Crippen molar-refractivity contribution < 1.29 is 4.79 Å². The Kier molecular flexibility index (Phi) is 4.26. The van der Waals surface area contributed by atoms with E-state index < -0.39 is 0 Å². The molecule has 0 radical (unpaired) electrons. The summed E-state index contributed by atoms with van der Waals surface area (Å²) >= 11 is 1.54. The summed E-state index contributed by atoms with van der Waals surface area (Å²) in [5, 5.41) is 7.16. The third-order valence-electron chi connectivity index (χ3n) is 4.48. The first kappa shape index (κ1) is 16.5. The number of hydrogen-bond acceptors (Lipinski definition) is 5. The molecule has 0 aliphatic heterocycles. The van der Waals surface area contributed by atoms with Crippen LogP contribution in [0.5, 0.6) is 0 Å². The van der Waals surface area contributed by atoms with E-state index in [1.807, 2.05) is 35.8 Å². The first-order valence-corrected chi connectivity index (χ1v) is 9.11. The lowest BCUT2D eigenvalue weighted by atomic mass is 10.2. The number of carbonyl (C=O) groups is 1. The molecule has 0 aliphatic rings. The number of aromatic nitrogens is 5. The molecule has 132 valence electrons. The fourth-order valence-corrected chi connectivity index (χ4v) is 3.57. The lowest BCUT2D eigenvalue weighted by Crippen LogP contribution is -2.29. The van der Waals surface area contributed by atoms with E-state index in [2.05, 4.69) is 20.2 Å². The van der Waals surface area contributed by atoms with Crippen molar-refractivity contribution in [3.63, 3.8) is 0 Å². The van der Waals surface area contributed by atoms with E-state index in [0.29, 0.717) is 12.2 Å². The summed E-state index contributed by atoms with van der Waals surface area (Å²) in [6, 6.07) is 9.70. The van der Waals surface area contributed by atoms with Crippen molar-refractivity contribution in [2.24, 2.45) is 0 Å². The molecule has 1 amide bonds. The minimum Gasteiger partial charge on any atom is -0.333 e.